The van der Waals surface area contributed by atoms with Gasteiger partial charge in [0.1, 0.15) is 10.7 Å². The van der Waals surface area contributed by atoms with Crippen LogP contribution in [0.1, 0.15) is 5.69 Å². The molecule has 0 aliphatic rings. The van der Waals surface area contributed by atoms with Crippen LogP contribution in [0.25, 0.3) is 5.69 Å². The monoisotopic (exact) mass is 449 g/mol. The minimum atomic E-state index is -4.27. The summed E-state index contributed by atoms with van der Waals surface area (Å²) in [5.41, 5.74) is -0.495. The first-order valence-electron chi connectivity index (χ1n) is 6.35. The molecule has 0 N–H and O–H groups in total. The zero-order valence-corrected chi connectivity index (χ0v) is 16.9. The van der Waals surface area contributed by atoms with Crippen LogP contribution in [0.2, 0.25) is 15.2 Å². The third kappa shape index (κ3) is 3.87. The van der Waals surface area contributed by atoms with Crippen molar-refractivity contribution in [3.05, 3.63) is 38.8 Å². The lowest BCUT2D eigenvalue weighted by molar-refractivity contribution is 0.589. The van der Waals surface area contributed by atoms with Gasteiger partial charge in [-0.1, -0.05) is 34.8 Å². The Balaban J connectivity index is 2.84. The second-order valence-corrected chi connectivity index (χ2v) is 10.1. The lowest BCUT2D eigenvalue weighted by Gasteiger charge is -2.21. The highest BCUT2D eigenvalue weighted by Gasteiger charge is 2.31. The summed E-state index contributed by atoms with van der Waals surface area (Å²) in [5.74, 6) is -0.906. The average Bonchev–Trinajstić information content (AvgIpc) is 2.66. The Kier molecular flexibility index (Phi) is 5.33. The molecule has 0 amide bonds. The normalized spacial score (nSPS) is 12.4. The van der Waals surface area contributed by atoms with Crippen molar-refractivity contribution < 1.29 is 21.2 Å². The minimum absolute atomic E-state index is 0.0700. The molecular weight excluding hydrogens is 440 g/mol. The van der Waals surface area contributed by atoms with E-state index in [1.807, 2.05) is 0 Å². The molecule has 0 spiro atoms. The Bertz CT molecular complexity index is 1040. The second kappa shape index (κ2) is 6.58. The van der Waals surface area contributed by atoms with Gasteiger partial charge in [0.25, 0.3) is 0 Å². The zero-order chi connectivity index (χ0) is 19.3. The predicted octanol–water partition coefficient (Wildman–Crippen LogP) is 3.01. The van der Waals surface area contributed by atoms with E-state index in [0.717, 1.165) is 16.8 Å². The number of aryl methyl sites for hydroxylation is 1. The number of rotatable bonds is 4. The minimum Gasteiger partial charge on any atom is -0.217 e. The van der Waals surface area contributed by atoms with Gasteiger partial charge in [-0.3, -0.25) is 0 Å². The van der Waals surface area contributed by atoms with Gasteiger partial charge in [0, 0.05) is 0 Å². The number of hydrogen-bond acceptors (Lipinski definition) is 5. The van der Waals surface area contributed by atoms with E-state index in [9.17, 15) is 21.2 Å². The van der Waals surface area contributed by atoms with Crippen molar-refractivity contribution >= 4 is 60.5 Å². The molecule has 7 nitrogen and oxygen atoms in total. The summed E-state index contributed by atoms with van der Waals surface area (Å²) in [7, 11) is -8.55. The van der Waals surface area contributed by atoms with E-state index in [-0.39, 0.29) is 19.6 Å². The second-order valence-electron chi connectivity index (χ2n) is 5.08. The van der Waals surface area contributed by atoms with Crippen molar-refractivity contribution in [2.24, 2.45) is 0 Å². The first-order valence-corrected chi connectivity index (χ1v) is 11.2. The first-order chi connectivity index (χ1) is 11.2. The summed E-state index contributed by atoms with van der Waals surface area (Å²) < 4.78 is 63.0. The van der Waals surface area contributed by atoms with Crippen molar-refractivity contribution in [2.45, 2.75) is 6.92 Å². The maximum absolute atomic E-state index is 14.3. The molecule has 25 heavy (non-hydrogen) atoms. The van der Waals surface area contributed by atoms with Gasteiger partial charge >= 0.3 is 0 Å². The van der Waals surface area contributed by atoms with Gasteiger partial charge < -0.3 is 0 Å². The van der Waals surface area contributed by atoms with Crippen LogP contribution in [0, 0.1) is 12.7 Å². The van der Waals surface area contributed by atoms with E-state index in [4.69, 9.17) is 34.8 Å². The van der Waals surface area contributed by atoms with Gasteiger partial charge in [0.15, 0.2) is 11.0 Å². The van der Waals surface area contributed by atoms with Crippen molar-refractivity contribution in [3.63, 3.8) is 0 Å². The number of halogens is 4. The SMILES string of the molecule is Cc1nn(-c2cc(N(S(C)(=O)=O)S(C)(=O)=O)c(Cl)cc2F)c(Cl)c1Cl. The lowest BCUT2D eigenvalue weighted by Crippen LogP contribution is -2.35. The summed E-state index contributed by atoms with van der Waals surface area (Å²) in [6.45, 7) is 1.53. The quantitative estimate of drug-likeness (QED) is 0.714. The number of sulfonamides is 2. The molecule has 0 unspecified atom stereocenters. The standard InChI is InChI=1S/C12H11Cl3FN3O4S2/c1-6-11(14)12(15)18(17-6)10-5-9(7(13)4-8(10)16)19(24(2,20)21)25(3,22)23/h4-5H,1-3H3. The summed E-state index contributed by atoms with van der Waals surface area (Å²) in [5, 5.41) is 3.46. The number of aromatic nitrogens is 2. The van der Waals surface area contributed by atoms with Gasteiger partial charge in [0.05, 0.1) is 28.9 Å². The smallest absolute Gasteiger partial charge is 0.217 e. The highest BCUT2D eigenvalue weighted by molar-refractivity contribution is 8.09. The molecule has 0 bridgehead atoms. The number of hydrogen-bond donors (Lipinski definition) is 0. The number of nitrogens with zero attached hydrogens (tertiary/aromatic N) is 3. The molecule has 0 saturated heterocycles. The van der Waals surface area contributed by atoms with Crippen LogP contribution in [0.4, 0.5) is 10.1 Å². The topological polar surface area (TPSA) is 89.3 Å². The van der Waals surface area contributed by atoms with E-state index < -0.39 is 36.6 Å². The molecule has 0 aliphatic carbocycles. The molecule has 1 aromatic carbocycles. The Labute approximate surface area is 159 Å². The molecule has 0 aliphatic heterocycles. The predicted molar refractivity (Wildman–Crippen MR) is 95.5 cm³/mol. The van der Waals surface area contributed by atoms with Crippen LogP contribution in [0.5, 0.6) is 0 Å². The van der Waals surface area contributed by atoms with Gasteiger partial charge in [-0.05, 0) is 19.1 Å². The fourth-order valence-electron chi connectivity index (χ4n) is 2.07. The molecule has 0 atom stereocenters. The Morgan fingerprint density at radius 3 is 2.00 bits per heavy atom. The molecule has 2 aromatic rings. The van der Waals surface area contributed by atoms with Crippen LogP contribution in [-0.4, -0.2) is 39.1 Å². The molecule has 0 radical (unpaired) electrons. The van der Waals surface area contributed by atoms with Crippen LogP contribution in [0.3, 0.4) is 0 Å². The molecule has 13 heteroatoms. The summed E-state index contributed by atoms with van der Waals surface area (Å²) in [6, 6.07) is 1.67. The van der Waals surface area contributed by atoms with Gasteiger partial charge in [-0.25, -0.2) is 25.9 Å². The third-order valence-electron chi connectivity index (χ3n) is 2.98. The molecule has 0 saturated carbocycles. The van der Waals surface area contributed by atoms with Gasteiger partial charge in [0.2, 0.25) is 20.0 Å². The van der Waals surface area contributed by atoms with Gasteiger partial charge in [-0.15, -0.1) is 0 Å². The third-order valence-corrected chi connectivity index (χ3v) is 7.40. The van der Waals surface area contributed by atoms with Crippen molar-refractivity contribution in [3.8, 4) is 5.69 Å². The highest BCUT2D eigenvalue weighted by atomic mass is 35.5. The molecule has 1 heterocycles. The largest absolute Gasteiger partial charge is 0.245 e. The van der Waals surface area contributed by atoms with Crippen molar-refractivity contribution in [2.75, 3.05) is 16.2 Å². The van der Waals surface area contributed by atoms with Crippen LogP contribution < -0.4 is 3.71 Å². The van der Waals surface area contributed by atoms with E-state index in [0.29, 0.717) is 18.2 Å². The molecule has 1 aromatic heterocycles. The maximum atomic E-state index is 14.3. The maximum Gasteiger partial charge on any atom is 0.245 e. The molecular formula is C12H11Cl3FN3O4S2. The number of benzene rings is 1. The molecule has 138 valence electrons. The van der Waals surface area contributed by atoms with E-state index >= 15 is 0 Å². The van der Waals surface area contributed by atoms with Gasteiger partial charge in [-0.2, -0.15) is 8.81 Å². The van der Waals surface area contributed by atoms with E-state index in [1.165, 1.54) is 6.92 Å². The molecule has 2 rings (SSSR count). The van der Waals surface area contributed by atoms with E-state index in [1.54, 1.807) is 0 Å². The first kappa shape index (κ1) is 20.2. The fraction of sp³-hybridized carbons (Fsp3) is 0.250. The van der Waals surface area contributed by atoms with Crippen molar-refractivity contribution in [1.29, 1.82) is 0 Å². The Hall–Kier alpha value is -1.07. The van der Waals surface area contributed by atoms with Crippen LogP contribution in [0.15, 0.2) is 12.1 Å². The molecule has 0 fully saturated rings. The van der Waals surface area contributed by atoms with Crippen molar-refractivity contribution in [1.82, 2.24) is 9.78 Å². The van der Waals surface area contributed by atoms with Crippen LogP contribution >= 0.6 is 34.8 Å². The van der Waals surface area contributed by atoms with Crippen LogP contribution in [-0.2, 0) is 20.0 Å². The summed E-state index contributed by atoms with van der Waals surface area (Å²) in [4.78, 5) is 0. The van der Waals surface area contributed by atoms with E-state index in [2.05, 4.69) is 5.10 Å². The Morgan fingerprint density at radius 1 is 1.08 bits per heavy atom. The lowest BCUT2D eigenvalue weighted by atomic mass is 10.2. The average molecular weight is 451 g/mol. The number of anilines is 1. The Morgan fingerprint density at radius 2 is 1.60 bits per heavy atom. The fourth-order valence-corrected chi connectivity index (χ4v) is 5.77. The summed E-state index contributed by atoms with van der Waals surface area (Å²) >= 11 is 17.8. The highest BCUT2D eigenvalue weighted by Crippen LogP contribution is 2.36. The zero-order valence-electron chi connectivity index (χ0n) is 13.0. The summed E-state index contributed by atoms with van der Waals surface area (Å²) in [6.07, 6.45) is 1.35.